The summed E-state index contributed by atoms with van der Waals surface area (Å²) in [5, 5.41) is 5.98. The second-order valence-corrected chi connectivity index (χ2v) is 3.69. The third kappa shape index (κ3) is 9.48. The number of hydrogen-bond acceptors (Lipinski definition) is 3. The van der Waals surface area contributed by atoms with E-state index in [4.69, 9.17) is 4.74 Å². The van der Waals surface area contributed by atoms with Crippen LogP contribution in [0.5, 0.6) is 0 Å². The van der Waals surface area contributed by atoms with Gasteiger partial charge in [0.25, 0.3) is 0 Å². The van der Waals surface area contributed by atoms with Gasteiger partial charge in [-0.05, 0) is 5.92 Å². The van der Waals surface area contributed by atoms with Gasteiger partial charge in [0.05, 0.1) is 6.61 Å². The molecule has 0 aromatic rings. The number of methoxy groups -OCH3 is 1. The molecule has 4 nitrogen and oxygen atoms in total. The van der Waals surface area contributed by atoms with Crippen LogP contribution in [0.2, 0.25) is 0 Å². The van der Waals surface area contributed by atoms with Crippen molar-refractivity contribution < 1.29 is 9.53 Å². The SMILES string of the molecule is COCCNCCC(=O)NCC(C)C. The summed E-state index contributed by atoms with van der Waals surface area (Å²) in [5.74, 6) is 0.629. The lowest BCUT2D eigenvalue weighted by atomic mass is 10.2. The number of rotatable bonds is 8. The number of hydrogen-bond donors (Lipinski definition) is 2. The minimum Gasteiger partial charge on any atom is -0.383 e. The molecule has 0 radical (unpaired) electrons. The molecule has 0 heterocycles. The highest BCUT2D eigenvalue weighted by Crippen LogP contribution is 1.87. The zero-order valence-corrected chi connectivity index (χ0v) is 9.43. The maximum Gasteiger partial charge on any atom is 0.221 e. The molecule has 84 valence electrons. The van der Waals surface area contributed by atoms with Crippen molar-refractivity contribution in [3.05, 3.63) is 0 Å². The molecule has 0 atom stereocenters. The Kier molecular flexibility index (Phi) is 8.57. The molecule has 0 aliphatic heterocycles. The first-order valence-electron chi connectivity index (χ1n) is 5.13. The van der Waals surface area contributed by atoms with Crippen LogP contribution >= 0.6 is 0 Å². The normalized spacial score (nSPS) is 10.6. The molecule has 14 heavy (non-hydrogen) atoms. The van der Waals surface area contributed by atoms with Crippen LogP contribution in [0.4, 0.5) is 0 Å². The Bertz CT molecular complexity index is 149. The fraction of sp³-hybridized carbons (Fsp3) is 0.900. The average Bonchev–Trinajstić information content (AvgIpc) is 2.14. The molecule has 0 aromatic carbocycles. The molecule has 0 aliphatic rings. The first-order valence-corrected chi connectivity index (χ1v) is 5.13. The summed E-state index contributed by atoms with van der Waals surface area (Å²) in [6, 6.07) is 0. The van der Waals surface area contributed by atoms with E-state index in [0.717, 1.165) is 13.1 Å². The molecule has 0 spiro atoms. The highest BCUT2D eigenvalue weighted by Gasteiger charge is 2.00. The summed E-state index contributed by atoms with van der Waals surface area (Å²) in [6.07, 6.45) is 0.538. The zero-order chi connectivity index (χ0) is 10.8. The van der Waals surface area contributed by atoms with Crippen molar-refractivity contribution in [1.82, 2.24) is 10.6 Å². The van der Waals surface area contributed by atoms with Gasteiger partial charge in [-0.25, -0.2) is 0 Å². The van der Waals surface area contributed by atoms with Crippen molar-refractivity contribution in [2.75, 3.05) is 33.4 Å². The molecular formula is C10H22N2O2. The number of carbonyl (C=O) groups is 1. The standard InChI is InChI=1S/C10H22N2O2/c1-9(2)8-12-10(13)4-5-11-6-7-14-3/h9,11H,4-8H2,1-3H3,(H,12,13). The smallest absolute Gasteiger partial charge is 0.221 e. The van der Waals surface area contributed by atoms with Gasteiger partial charge in [-0.15, -0.1) is 0 Å². The van der Waals surface area contributed by atoms with Crippen molar-refractivity contribution in [2.24, 2.45) is 5.92 Å². The molecule has 0 aromatic heterocycles. The number of carbonyl (C=O) groups excluding carboxylic acids is 1. The molecule has 0 aliphatic carbocycles. The minimum atomic E-state index is 0.114. The highest BCUT2D eigenvalue weighted by atomic mass is 16.5. The third-order valence-electron chi connectivity index (χ3n) is 1.72. The van der Waals surface area contributed by atoms with Crippen molar-refractivity contribution in [2.45, 2.75) is 20.3 Å². The van der Waals surface area contributed by atoms with E-state index in [1.165, 1.54) is 0 Å². The van der Waals surface area contributed by atoms with Gasteiger partial charge in [0.15, 0.2) is 0 Å². The summed E-state index contributed by atoms with van der Waals surface area (Å²) in [7, 11) is 1.66. The van der Waals surface area contributed by atoms with E-state index in [0.29, 0.717) is 25.5 Å². The summed E-state index contributed by atoms with van der Waals surface area (Å²) in [6.45, 7) is 7.13. The van der Waals surface area contributed by atoms with Crippen LogP contribution in [0.1, 0.15) is 20.3 Å². The largest absolute Gasteiger partial charge is 0.383 e. The van der Waals surface area contributed by atoms with Crippen molar-refractivity contribution in [3.63, 3.8) is 0 Å². The summed E-state index contributed by atoms with van der Waals surface area (Å²) >= 11 is 0. The molecule has 4 heteroatoms. The van der Waals surface area contributed by atoms with Crippen LogP contribution in [0.3, 0.4) is 0 Å². The Balaban J connectivity index is 3.18. The Morgan fingerprint density at radius 2 is 2.07 bits per heavy atom. The molecule has 1 amide bonds. The predicted octanol–water partition coefficient (Wildman–Crippen LogP) is 0.385. The van der Waals surface area contributed by atoms with Gasteiger partial charge in [-0.2, -0.15) is 0 Å². The lowest BCUT2D eigenvalue weighted by molar-refractivity contribution is -0.121. The third-order valence-corrected chi connectivity index (χ3v) is 1.72. The molecular weight excluding hydrogens is 180 g/mol. The molecule has 0 fully saturated rings. The van der Waals surface area contributed by atoms with Gasteiger partial charge in [0.2, 0.25) is 5.91 Å². The Hall–Kier alpha value is -0.610. The van der Waals surface area contributed by atoms with E-state index in [9.17, 15) is 4.79 Å². The second-order valence-electron chi connectivity index (χ2n) is 3.69. The highest BCUT2D eigenvalue weighted by molar-refractivity contribution is 5.76. The molecule has 0 unspecified atom stereocenters. The lowest BCUT2D eigenvalue weighted by Gasteiger charge is -2.07. The van der Waals surface area contributed by atoms with Crippen molar-refractivity contribution in [1.29, 1.82) is 0 Å². The van der Waals surface area contributed by atoms with E-state index < -0.39 is 0 Å². The van der Waals surface area contributed by atoms with E-state index in [1.807, 2.05) is 0 Å². The fourth-order valence-electron chi connectivity index (χ4n) is 0.907. The van der Waals surface area contributed by atoms with E-state index in [2.05, 4.69) is 24.5 Å². The molecule has 0 saturated heterocycles. The van der Waals surface area contributed by atoms with Crippen molar-refractivity contribution >= 4 is 5.91 Å². The maximum atomic E-state index is 11.2. The van der Waals surface area contributed by atoms with Crippen molar-refractivity contribution in [3.8, 4) is 0 Å². The monoisotopic (exact) mass is 202 g/mol. The maximum absolute atomic E-state index is 11.2. The Morgan fingerprint density at radius 3 is 2.64 bits per heavy atom. The first kappa shape index (κ1) is 13.4. The molecule has 0 rings (SSSR count). The molecule has 0 bridgehead atoms. The summed E-state index contributed by atoms with van der Waals surface area (Å²) < 4.78 is 4.86. The number of nitrogens with one attached hydrogen (secondary N) is 2. The van der Waals surface area contributed by atoms with Crippen LogP contribution in [-0.2, 0) is 9.53 Å². The topological polar surface area (TPSA) is 50.4 Å². The van der Waals surface area contributed by atoms with Crippen LogP contribution in [-0.4, -0.2) is 39.3 Å². The fourth-order valence-corrected chi connectivity index (χ4v) is 0.907. The first-order chi connectivity index (χ1) is 6.66. The summed E-state index contributed by atoms with van der Waals surface area (Å²) in [5.41, 5.74) is 0. The van der Waals surface area contributed by atoms with Gasteiger partial charge in [-0.1, -0.05) is 13.8 Å². The summed E-state index contributed by atoms with van der Waals surface area (Å²) in [4.78, 5) is 11.2. The van der Waals surface area contributed by atoms with Gasteiger partial charge in [0, 0.05) is 33.2 Å². The van der Waals surface area contributed by atoms with Gasteiger partial charge >= 0.3 is 0 Å². The Morgan fingerprint density at radius 1 is 1.36 bits per heavy atom. The van der Waals surface area contributed by atoms with Crippen LogP contribution in [0.15, 0.2) is 0 Å². The molecule has 0 saturated carbocycles. The van der Waals surface area contributed by atoms with Gasteiger partial charge in [-0.3, -0.25) is 4.79 Å². The zero-order valence-electron chi connectivity index (χ0n) is 9.43. The van der Waals surface area contributed by atoms with E-state index in [-0.39, 0.29) is 5.91 Å². The predicted molar refractivity (Wildman–Crippen MR) is 57.2 cm³/mol. The number of ether oxygens (including phenoxy) is 1. The molecule has 2 N–H and O–H groups in total. The quantitative estimate of drug-likeness (QED) is 0.560. The minimum absolute atomic E-state index is 0.114. The van der Waals surface area contributed by atoms with E-state index in [1.54, 1.807) is 7.11 Å². The van der Waals surface area contributed by atoms with Gasteiger partial charge in [0.1, 0.15) is 0 Å². The van der Waals surface area contributed by atoms with E-state index >= 15 is 0 Å². The van der Waals surface area contributed by atoms with Crippen LogP contribution < -0.4 is 10.6 Å². The van der Waals surface area contributed by atoms with Crippen LogP contribution in [0, 0.1) is 5.92 Å². The van der Waals surface area contributed by atoms with Gasteiger partial charge < -0.3 is 15.4 Å². The van der Waals surface area contributed by atoms with Crippen LogP contribution in [0.25, 0.3) is 0 Å². The average molecular weight is 202 g/mol. The lowest BCUT2D eigenvalue weighted by Crippen LogP contribution is -2.31. The second kappa shape index (κ2) is 8.97. The Labute approximate surface area is 86.4 Å². The number of amides is 1.